The molecular formula is C16H26O4. The van der Waals surface area contributed by atoms with Gasteiger partial charge in [-0.15, -0.1) is 0 Å². The maximum Gasteiger partial charge on any atom is 0.306 e. The lowest BCUT2D eigenvalue weighted by molar-refractivity contribution is -0.141. The van der Waals surface area contributed by atoms with Gasteiger partial charge >= 0.3 is 5.97 Å². The van der Waals surface area contributed by atoms with Gasteiger partial charge in [-0.05, 0) is 37.5 Å². The van der Waals surface area contributed by atoms with Crippen molar-refractivity contribution in [3.63, 3.8) is 0 Å². The molecule has 4 nitrogen and oxygen atoms in total. The number of aliphatic hydroxyl groups excluding tert-OH is 2. The van der Waals surface area contributed by atoms with Gasteiger partial charge in [-0.25, -0.2) is 0 Å². The minimum atomic E-state index is -0.364. The van der Waals surface area contributed by atoms with Gasteiger partial charge in [0.25, 0.3) is 0 Å². The molecule has 1 aliphatic heterocycles. The summed E-state index contributed by atoms with van der Waals surface area (Å²) in [6, 6.07) is 0. The van der Waals surface area contributed by atoms with Crippen LogP contribution in [0.2, 0.25) is 0 Å². The lowest BCUT2D eigenvalue weighted by atomic mass is 9.81. The highest BCUT2D eigenvalue weighted by Crippen LogP contribution is 2.44. The minimum Gasteiger partial charge on any atom is -0.462 e. The molecule has 1 saturated heterocycles. The number of hydrogen-bond donors (Lipinski definition) is 2. The molecule has 0 aromatic carbocycles. The second-order valence-electron chi connectivity index (χ2n) is 6.91. The van der Waals surface area contributed by atoms with Crippen molar-refractivity contribution in [2.45, 2.75) is 76.1 Å². The summed E-state index contributed by atoms with van der Waals surface area (Å²) in [6.45, 7) is 0. The van der Waals surface area contributed by atoms with E-state index in [-0.39, 0.29) is 36.1 Å². The SMILES string of the molecule is O=C1C[C@@H]2[C@@H](CC[C@@H](O)C3CCCCC3)[C@H](O)C[C@@H]2O1. The molecule has 2 saturated carbocycles. The number of rotatable bonds is 4. The van der Waals surface area contributed by atoms with Gasteiger partial charge < -0.3 is 14.9 Å². The third-order valence-corrected chi connectivity index (χ3v) is 5.67. The Morgan fingerprint density at radius 1 is 1.25 bits per heavy atom. The number of carbonyl (C=O) groups excluding carboxylic acids is 1. The number of fused-ring (bicyclic) bond motifs is 1. The van der Waals surface area contributed by atoms with Crippen molar-refractivity contribution >= 4 is 5.97 Å². The fourth-order valence-corrected chi connectivity index (χ4v) is 4.50. The van der Waals surface area contributed by atoms with Crippen LogP contribution in [0.3, 0.4) is 0 Å². The average molecular weight is 282 g/mol. The van der Waals surface area contributed by atoms with Crippen molar-refractivity contribution in [2.24, 2.45) is 17.8 Å². The van der Waals surface area contributed by atoms with Crippen LogP contribution < -0.4 is 0 Å². The van der Waals surface area contributed by atoms with Gasteiger partial charge in [0.05, 0.1) is 18.6 Å². The molecule has 3 aliphatic rings. The number of esters is 1. The van der Waals surface area contributed by atoms with Crippen LogP contribution in [0.25, 0.3) is 0 Å². The van der Waals surface area contributed by atoms with Gasteiger partial charge in [0.2, 0.25) is 0 Å². The molecule has 3 fully saturated rings. The third kappa shape index (κ3) is 2.86. The monoisotopic (exact) mass is 282 g/mol. The van der Waals surface area contributed by atoms with E-state index in [1.54, 1.807) is 0 Å². The zero-order chi connectivity index (χ0) is 14.1. The number of ether oxygens (including phenoxy) is 1. The van der Waals surface area contributed by atoms with E-state index in [0.717, 1.165) is 25.7 Å². The van der Waals surface area contributed by atoms with Crippen LogP contribution in [0.5, 0.6) is 0 Å². The van der Waals surface area contributed by atoms with E-state index in [0.29, 0.717) is 18.8 Å². The molecule has 114 valence electrons. The van der Waals surface area contributed by atoms with Crippen molar-refractivity contribution in [3.05, 3.63) is 0 Å². The molecule has 2 aliphatic carbocycles. The fraction of sp³-hybridized carbons (Fsp3) is 0.938. The zero-order valence-corrected chi connectivity index (χ0v) is 12.0. The molecule has 0 unspecified atom stereocenters. The standard InChI is InChI=1S/C16H26O4/c17-13(10-4-2-1-3-5-10)7-6-11-12-8-16(19)20-15(12)9-14(11)18/h10-15,17-18H,1-9H2/t11-,12-,13-,14-,15+/m1/s1. The average Bonchev–Trinajstić information content (AvgIpc) is 2.92. The van der Waals surface area contributed by atoms with Crippen molar-refractivity contribution in [2.75, 3.05) is 0 Å². The molecule has 4 heteroatoms. The summed E-state index contributed by atoms with van der Waals surface area (Å²) in [5.74, 6) is 0.630. The molecule has 2 N–H and O–H groups in total. The fourth-order valence-electron chi connectivity index (χ4n) is 4.50. The van der Waals surface area contributed by atoms with Crippen LogP contribution >= 0.6 is 0 Å². The summed E-state index contributed by atoms with van der Waals surface area (Å²) in [5, 5.41) is 20.5. The van der Waals surface area contributed by atoms with Crippen molar-refractivity contribution < 1.29 is 19.7 Å². The molecule has 0 spiro atoms. The number of hydrogen-bond acceptors (Lipinski definition) is 4. The van der Waals surface area contributed by atoms with E-state index in [1.165, 1.54) is 19.3 Å². The number of aliphatic hydroxyl groups is 2. The Labute approximate surface area is 120 Å². The van der Waals surface area contributed by atoms with Crippen molar-refractivity contribution in [1.82, 2.24) is 0 Å². The summed E-state index contributed by atoms with van der Waals surface area (Å²) in [5.41, 5.74) is 0. The Kier molecular flexibility index (Phi) is 4.32. The third-order valence-electron chi connectivity index (χ3n) is 5.67. The second-order valence-corrected chi connectivity index (χ2v) is 6.91. The van der Waals surface area contributed by atoms with Crippen LogP contribution in [0.4, 0.5) is 0 Å². The molecule has 5 atom stereocenters. The molecule has 0 radical (unpaired) electrons. The van der Waals surface area contributed by atoms with E-state index >= 15 is 0 Å². The van der Waals surface area contributed by atoms with E-state index in [1.807, 2.05) is 0 Å². The Balaban J connectivity index is 1.50. The van der Waals surface area contributed by atoms with Crippen molar-refractivity contribution in [3.8, 4) is 0 Å². The maximum absolute atomic E-state index is 11.3. The minimum absolute atomic E-state index is 0.0747. The van der Waals surface area contributed by atoms with Gasteiger partial charge in [-0.3, -0.25) is 4.79 Å². The molecular weight excluding hydrogens is 256 g/mol. The molecule has 3 rings (SSSR count). The van der Waals surface area contributed by atoms with E-state index in [4.69, 9.17) is 4.74 Å². The summed E-state index contributed by atoms with van der Waals surface area (Å²) in [6.07, 6.45) is 7.98. The summed E-state index contributed by atoms with van der Waals surface area (Å²) in [7, 11) is 0. The lowest BCUT2D eigenvalue weighted by Crippen LogP contribution is -2.26. The molecule has 1 heterocycles. The Morgan fingerprint density at radius 2 is 2.00 bits per heavy atom. The smallest absolute Gasteiger partial charge is 0.306 e. The van der Waals surface area contributed by atoms with Gasteiger partial charge in [-0.1, -0.05) is 19.3 Å². The summed E-state index contributed by atoms with van der Waals surface area (Å²) >= 11 is 0. The second kappa shape index (κ2) is 6.02. The van der Waals surface area contributed by atoms with Gasteiger partial charge in [-0.2, -0.15) is 0 Å². The molecule has 20 heavy (non-hydrogen) atoms. The first-order chi connectivity index (χ1) is 9.65. The predicted octanol–water partition coefficient (Wildman–Crippen LogP) is 2.02. The van der Waals surface area contributed by atoms with Gasteiger partial charge in [0, 0.05) is 12.3 Å². The summed E-state index contributed by atoms with van der Waals surface area (Å²) in [4.78, 5) is 11.3. The van der Waals surface area contributed by atoms with E-state index < -0.39 is 0 Å². The molecule has 0 aromatic rings. The first-order valence-corrected chi connectivity index (χ1v) is 8.20. The molecule has 0 bridgehead atoms. The Bertz CT molecular complexity index is 350. The van der Waals surface area contributed by atoms with Crippen LogP contribution in [0, 0.1) is 17.8 Å². The van der Waals surface area contributed by atoms with Crippen LogP contribution in [-0.2, 0) is 9.53 Å². The van der Waals surface area contributed by atoms with E-state index in [9.17, 15) is 15.0 Å². The Hall–Kier alpha value is -0.610. The van der Waals surface area contributed by atoms with Crippen LogP contribution in [0.15, 0.2) is 0 Å². The maximum atomic E-state index is 11.3. The molecule has 0 amide bonds. The largest absolute Gasteiger partial charge is 0.462 e. The quantitative estimate of drug-likeness (QED) is 0.774. The topological polar surface area (TPSA) is 66.8 Å². The number of carbonyl (C=O) groups is 1. The highest BCUT2D eigenvalue weighted by Gasteiger charge is 2.49. The highest BCUT2D eigenvalue weighted by atomic mass is 16.6. The summed E-state index contributed by atoms with van der Waals surface area (Å²) < 4.78 is 5.25. The lowest BCUT2D eigenvalue weighted by Gasteiger charge is -2.28. The van der Waals surface area contributed by atoms with E-state index in [2.05, 4.69) is 0 Å². The zero-order valence-electron chi connectivity index (χ0n) is 12.0. The Morgan fingerprint density at radius 3 is 2.75 bits per heavy atom. The first kappa shape index (κ1) is 14.3. The van der Waals surface area contributed by atoms with Gasteiger partial charge in [0.1, 0.15) is 6.10 Å². The highest BCUT2D eigenvalue weighted by molar-refractivity contribution is 5.72. The van der Waals surface area contributed by atoms with Gasteiger partial charge in [0.15, 0.2) is 0 Å². The van der Waals surface area contributed by atoms with Crippen LogP contribution in [-0.4, -0.2) is 34.5 Å². The normalized spacial score (nSPS) is 39.6. The predicted molar refractivity (Wildman–Crippen MR) is 73.9 cm³/mol. The van der Waals surface area contributed by atoms with Crippen LogP contribution in [0.1, 0.15) is 57.8 Å². The van der Waals surface area contributed by atoms with Crippen molar-refractivity contribution in [1.29, 1.82) is 0 Å². The molecule has 0 aromatic heterocycles. The first-order valence-electron chi connectivity index (χ1n) is 8.20.